The van der Waals surface area contributed by atoms with E-state index in [0.717, 1.165) is 46.1 Å². The molecular weight excluding hydrogens is 467 g/mol. The second kappa shape index (κ2) is 9.75. The van der Waals surface area contributed by atoms with E-state index in [9.17, 15) is 0 Å². The zero-order chi connectivity index (χ0) is 23.5. The molecule has 1 aliphatic heterocycles. The molecule has 1 aliphatic rings. The van der Waals surface area contributed by atoms with Crippen molar-refractivity contribution in [2.75, 3.05) is 17.4 Å². The van der Waals surface area contributed by atoms with Crippen LogP contribution in [-0.2, 0) is 0 Å². The molecule has 1 unspecified atom stereocenters. The quantitative estimate of drug-likeness (QED) is 0.305. The van der Waals surface area contributed by atoms with Crippen LogP contribution < -0.4 is 15.1 Å². The third kappa shape index (κ3) is 4.86. The van der Waals surface area contributed by atoms with Gasteiger partial charge in [-0.3, -0.25) is 9.99 Å². The molecule has 3 aromatic carbocycles. The number of ether oxygens (including phenoxy) is 1. The number of halogens is 2. The van der Waals surface area contributed by atoms with Gasteiger partial charge >= 0.3 is 0 Å². The van der Waals surface area contributed by atoms with Crippen LogP contribution in [0.1, 0.15) is 23.6 Å². The van der Waals surface area contributed by atoms with Crippen LogP contribution >= 0.6 is 23.2 Å². The van der Waals surface area contributed by atoms with Crippen molar-refractivity contribution in [3.8, 4) is 5.75 Å². The highest BCUT2D eigenvalue weighted by Crippen LogP contribution is 2.39. The summed E-state index contributed by atoms with van der Waals surface area (Å²) in [7, 11) is 1.67. The number of benzene rings is 3. The molecular formula is C27H22Cl2N4O. The number of nitrogens with zero attached hydrogens (tertiary/aromatic N) is 3. The number of hydrazone groups is 1. The van der Waals surface area contributed by atoms with Crippen LogP contribution in [0, 0.1) is 0 Å². The van der Waals surface area contributed by atoms with Crippen molar-refractivity contribution in [1.29, 1.82) is 0 Å². The van der Waals surface area contributed by atoms with Gasteiger partial charge in [0.2, 0.25) is 0 Å². The van der Waals surface area contributed by atoms with Crippen LogP contribution in [0.2, 0.25) is 10.0 Å². The number of nitrogens with one attached hydrogen (secondary N) is 1. The number of rotatable bonds is 6. The topological polar surface area (TPSA) is 49.8 Å². The third-order valence-electron chi connectivity index (χ3n) is 5.69. The molecule has 5 rings (SSSR count). The van der Waals surface area contributed by atoms with Gasteiger partial charge in [-0.05, 0) is 65.7 Å². The second-order valence-electron chi connectivity index (χ2n) is 7.95. The zero-order valence-electron chi connectivity index (χ0n) is 18.5. The summed E-state index contributed by atoms with van der Waals surface area (Å²) in [6, 6.07) is 25.7. The Morgan fingerprint density at radius 2 is 1.62 bits per heavy atom. The van der Waals surface area contributed by atoms with Crippen LogP contribution in [0.15, 0.2) is 96.4 Å². The standard InChI is InChI=1S/C27H22Cl2N4O/c1-34-25-7-5-18(6-8-25)27-17-26(32-33(27)24-15-20(28)14-21(29)16-24)19-3-2-4-23(13-19)31-22-9-11-30-12-10-22/h2-16,27H,17H2,1H3,(H,30,31). The Balaban J connectivity index is 1.50. The molecule has 7 heteroatoms. The number of hydrogen-bond donors (Lipinski definition) is 1. The van der Waals surface area contributed by atoms with Gasteiger partial charge in [0.25, 0.3) is 0 Å². The normalized spacial score (nSPS) is 15.2. The lowest BCUT2D eigenvalue weighted by molar-refractivity contribution is 0.414. The van der Waals surface area contributed by atoms with E-state index in [1.54, 1.807) is 25.6 Å². The molecule has 0 radical (unpaired) electrons. The predicted molar refractivity (Wildman–Crippen MR) is 140 cm³/mol. The van der Waals surface area contributed by atoms with Gasteiger partial charge in [-0.25, -0.2) is 0 Å². The van der Waals surface area contributed by atoms with E-state index in [-0.39, 0.29) is 6.04 Å². The minimum Gasteiger partial charge on any atom is -0.497 e. The molecule has 0 saturated heterocycles. The molecule has 1 N–H and O–H groups in total. The fraction of sp³-hybridized carbons (Fsp3) is 0.111. The molecule has 1 atom stereocenters. The van der Waals surface area contributed by atoms with Gasteiger partial charge in [0.05, 0.1) is 24.6 Å². The lowest BCUT2D eigenvalue weighted by Gasteiger charge is -2.24. The van der Waals surface area contributed by atoms with E-state index in [1.807, 2.05) is 53.5 Å². The Morgan fingerprint density at radius 1 is 0.882 bits per heavy atom. The summed E-state index contributed by atoms with van der Waals surface area (Å²) in [5.74, 6) is 0.815. The Kier molecular flexibility index (Phi) is 6.39. The Hall–Kier alpha value is -3.54. The highest BCUT2D eigenvalue weighted by molar-refractivity contribution is 6.35. The first kappa shape index (κ1) is 22.3. The van der Waals surface area contributed by atoms with Crippen molar-refractivity contribution in [2.24, 2.45) is 5.10 Å². The number of anilines is 3. The molecule has 4 aromatic rings. The molecule has 34 heavy (non-hydrogen) atoms. The summed E-state index contributed by atoms with van der Waals surface area (Å²) in [5, 5.41) is 11.6. The Morgan fingerprint density at radius 3 is 2.32 bits per heavy atom. The molecule has 0 fully saturated rings. The summed E-state index contributed by atoms with van der Waals surface area (Å²) in [6.45, 7) is 0. The lowest BCUT2D eigenvalue weighted by Crippen LogP contribution is -2.18. The fourth-order valence-corrected chi connectivity index (χ4v) is 4.57. The Labute approximate surface area is 208 Å². The summed E-state index contributed by atoms with van der Waals surface area (Å²) in [4.78, 5) is 4.07. The minimum atomic E-state index is -0.00717. The number of pyridine rings is 1. The van der Waals surface area contributed by atoms with Gasteiger partial charge in [-0.15, -0.1) is 0 Å². The molecule has 0 amide bonds. The summed E-state index contributed by atoms with van der Waals surface area (Å²) < 4.78 is 5.34. The maximum Gasteiger partial charge on any atom is 0.118 e. The van der Waals surface area contributed by atoms with Crippen molar-refractivity contribution in [3.05, 3.63) is 112 Å². The van der Waals surface area contributed by atoms with Crippen molar-refractivity contribution in [2.45, 2.75) is 12.5 Å². The van der Waals surface area contributed by atoms with Crippen molar-refractivity contribution in [3.63, 3.8) is 0 Å². The van der Waals surface area contributed by atoms with Gasteiger partial charge in [-0.2, -0.15) is 5.10 Å². The number of hydrogen-bond acceptors (Lipinski definition) is 5. The molecule has 170 valence electrons. The van der Waals surface area contributed by atoms with E-state index in [1.165, 1.54) is 0 Å². The van der Waals surface area contributed by atoms with Crippen molar-refractivity contribution < 1.29 is 4.74 Å². The highest BCUT2D eigenvalue weighted by Gasteiger charge is 2.30. The van der Waals surface area contributed by atoms with E-state index >= 15 is 0 Å². The second-order valence-corrected chi connectivity index (χ2v) is 8.83. The first-order valence-electron chi connectivity index (χ1n) is 10.8. The third-order valence-corrected chi connectivity index (χ3v) is 6.12. The predicted octanol–water partition coefficient (Wildman–Crippen LogP) is 7.50. The molecule has 2 heterocycles. The molecule has 1 aromatic heterocycles. The fourth-order valence-electron chi connectivity index (χ4n) is 4.06. The van der Waals surface area contributed by atoms with E-state index in [2.05, 4.69) is 34.6 Å². The largest absolute Gasteiger partial charge is 0.497 e. The van der Waals surface area contributed by atoms with Gasteiger partial charge in [0, 0.05) is 40.2 Å². The summed E-state index contributed by atoms with van der Waals surface area (Å²) in [6.07, 6.45) is 4.26. The number of methoxy groups -OCH3 is 1. The molecule has 0 spiro atoms. The Bertz CT molecular complexity index is 1310. The minimum absolute atomic E-state index is 0.00717. The maximum atomic E-state index is 6.32. The SMILES string of the molecule is COc1ccc(C2CC(c3cccc(Nc4ccncc4)c3)=NN2c2cc(Cl)cc(Cl)c2)cc1. The van der Waals surface area contributed by atoms with Crippen LogP contribution in [0.4, 0.5) is 17.1 Å². The van der Waals surface area contributed by atoms with E-state index < -0.39 is 0 Å². The van der Waals surface area contributed by atoms with Crippen LogP contribution in [0.5, 0.6) is 5.75 Å². The first-order chi connectivity index (χ1) is 16.6. The van der Waals surface area contributed by atoms with Crippen molar-refractivity contribution in [1.82, 2.24) is 4.98 Å². The van der Waals surface area contributed by atoms with Gasteiger partial charge in [0.1, 0.15) is 5.75 Å². The van der Waals surface area contributed by atoms with Gasteiger partial charge < -0.3 is 10.1 Å². The van der Waals surface area contributed by atoms with Crippen LogP contribution in [-0.4, -0.2) is 17.8 Å². The monoisotopic (exact) mass is 488 g/mol. The van der Waals surface area contributed by atoms with E-state index in [4.69, 9.17) is 33.0 Å². The van der Waals surface area contributed by atoms with Gasteiger partial charge in [-0.1, -0.05) is 47.5 Å². The van der Waals surface area contributed by atoms with E-state index in [0.29, 0.717) is 10.0 Å². The maximum absolute atomic E-state index is 6.32. The van der Waals surface area contributed by atoms with Crippen molar-refractivity contribution >= 4 is 46.0 Å². The first-order valence-corrected chi connectivity index (χ1v) is 11.6. The van der Waals surface area contributed by atoms with Gasteiger partial charge in [0.15, 0.2) is 0 Å². The lowest BCUT2D eigenvalue weighted by atomic mass is 9.98. The highest BCUT2D eigenvalue weighted by atomic mass is 35.5. The zero-order valence-corrected chi connectivity index (χ0v) is 20.0. The molecule has 0 aliphatic carbocycles. The molecule has 0 saturated carbocycles. The average molecular weight is 489 g/mol. The smallest absolute Gasteiger partial charge is 0.118 e. The number of aromatic nitrogens is 1. The summed E-state index contributed by atoms with van der Waals surface area (Å²) in [5.41, 5.74) is 5.97. The molecule has 0 bridgehead atoms. The summed E-state index contributed by atoms with van der Waals surface area (Å²) >= 11 is 12.6. The molecule has 5 nitrogen and oxygen atoms in total. The van der Waals surface area contributed by atoms with Crippen LogP contribution in [0.25, 0.3) is 0 Å². The average Bonchev–Trinajstić information content (AvgIpc) is 3.30. The van der Waals surface area contributed by atoms with Crippen LogP contribution in [0.3, 0.4) is 0 Å².